The molecule has 2 amide bonds. The lowest BCUT2D eigenvalue weighted by molar-refractivity contribution is -0.123. The Kier molecular flexibility index (Phi) is 6.36. The first-order valence-electron chi connectivity index (χ1n) is 10.4. The first-order valence-corrected chi connectivity index (χ1v) is 11.3. The van der Waals surface area contributed by atoms with Gasteiger partial charge in [-0.2, -0.15) is 0 Å². The molecule has 1 aromatic carbocycles. The Morgan fingerprint density at radius 2 is 1.87 bits per heavy atom. The van der Waals surface area contributed by atoms with Crippen LogP contribution in [-0.2, 0) is 4.79 Å². The van der Waals surface area contributed by atoms with Gasteiger partial charge in [-0.15, -0.1) is 5.10 Å². The van der Waals surface area contributed by atoms with Gasteiger partial charge in [0.2, 0.25) is 5.91 Å². The van der Waals surface area contributed by atoms with Crippen LogP contribution in [0.4, 0.5) is 5.69 Å². The molecule has 7 nitrogen and oxygen atoms in total. The molecule has 1 aliphatic rings. The van der Waals surface area contributed by atoms with Crippen molar-refractivity contribution in [3.8, 4) is 0 Å². The van der Waals surface area contributed by atoms with Crippen LogP contribution in [0.1, 0.15) is 58.9 Å². The zero-order valence-electron chi connectivity index (χ0n) is 17.6. The van der Waals surface area contributed by atoms with Crippen molar-refractivity contribution in [1.82, 2.24) is 19.9 Å². The normalized spacial score (nSPS) is 14.9. The summed E-state index contributed by atoms with van der Waals surface area (Å²) < 4.78 is 3.85. The Bertz CT molecular complexity index is 1050. The highest BCUT2D eigenvalue weighted by atomic mass is 32.1. The number of nitrogens with zero attached hydrogens (tertiary/aromatic N) is 4. The minimum absolute atomic E-state index is 0.133. The Morgan fingerprint density at radius 3 is 2.55 bits per heavy atom. The minimum atomic E-state index is -0.849. The number of aryl methyl sites for hydroxylation is 2. The second kappa shape index (κ2) is 9.34. The number of hydrogen-bond acceptors (Lipinski definition) is 6. The molecule has 1 atom stereocenters. The molecule has 0 bridgehead atoms. The number of rotatable bonds is 6. The van der Waals surface area contributed by atoms with E-state index in [1.807, 2.05) is 32.0 Å². The molecule has 0 spiro atoms. The summed E-state index contributed by atoms with van der Waals surface area (Å²) >= 11 is 1.11. The third-order valence-electron chi connectivity index (χ3n) is 5.65. The Balaban J connectivity index is 1.83. The van der Waals surface area contributed by atoms with Gasteiger partial charge in [-0.3, -0.25) is 19.5 Å². The Morgan fingerprint density at radius 1 is 1.13 bits per heavy atom. The molecule has 0 aliphatic heterocycles. The van der Waals surface area contributed by atoms with Crippen LogP contribution in [0.3, 0.4) is 0 Å². The molecule has 8 heteroatoms. The van der Waals surface area contributed by atoms with Gasteiger partial charge in [0.1, 0.15) is 6.04 Å². The SMILES string of the molecule is Cc1ccc(C)c(N(C(=O)c2csnn2)[C@H](C(=O)NC2CCCC2)c2ccncc2)c1. The van der Waals surface area contributed by atoms with E-state index in [-0.39, 0.29) is 23.6 Å². The summed E-state index contributed by atoms with van der Waals surface area (Å²) in [5.74, 6) is -0.554. The molecule has 31 heavy (non-hydrogen) atoms. The van der Waals surface area contributed by atoms with E-state index in [0.717, 1.165) is 48.3 Å². The summed E-state index contributed by atoms with van der Waals surface area (Å²) in [5, 5.41) is 8.77. The molecule has 4 rings (SSSR count). The molecule has 2 aromatic heterocycles. The summed E-state index contributed by atoms with van der Waals surface area (Å²) in [6, 6.07) is 8.73. The van der Waals surface area contributed by atoms with Crippen LogP contribution < -0.4 is 10.2 Å². The number of anilines is 1. The summed E-state index contributed by atoms with van der Waals surface area (Å²) in [6.07, 6.45) is 7.41. The van der Waals surface area contributed by atoms with Gasteiger partial charge in [-0.1, -0.05) is 29.5 Å². The maximum atomic E-state index is 13.7. The highest BCUT2D eigenvalue weighted by molar-refractivity contribution is 7.03. The Hall–Kier alpha value is -3.13. The number of nitrogens with one attached hydrogen (secondary N) is 1. The van der Waals surface area contributed by atoms with Crippen LogP contribution in [0.2, 0.25) is 0 Å². The van der Waals surface area contributed by atoms with E-state index in [1.165, 1.54) is 0 Å². The first-order chi connectivity index (χ1) is 15.0. The lowest BCUT2D eigenvalue weighted by Gasteiger charge is -2.33. The van der Waals surface area contributed by atoms with Crippen molar-refractivity contribution in [1.29, 1.82) is 0 Å². The van der Waals surface area contributed by atoms with E-state index < -0.39 is 6.04 Å². The van der Waals surface area contributed by atoms with E-state index in [4.69, 9.17) is 0 Å². The summed E-state index contributed by atoms with van der Waals surface area (Å²) in [7, 11) is 0. The maximum Gasteiger partial charge on any atom is 0.280 e. The Labute approximate surface area is 185 Å². The van der Waals surface area contributed by atoms with Crippen LogP contribution >= 0.6 is 11.5 Å². The quantitative estimate of drug-likeness (QED) is 0.632. The molecular formula is C23H25N5O2S. The van der Waals surface area contributed by atoms with Crippen molar-refractivity contribution < 1.29 is 9.59 Å². The maximum absolute atomic E-state index is 13.7. The zero-order valence-corrected chi connectivity index (χ0v) is 18.4. The molecule has 1 saturated carbocycles. The fourth-order valence-corrected chi connectivity index (χ4v) is 4.47. The number of aromatic nitrogens is 3. The fourth-order valence-electron chi connectivity index (χ4n) is 4.04. The molecule has 2 heterocycles. The number of amides is 2. The lowest BCUT2D eigenvalue weighted by Crippen LogP contribution is -2.46. The zero-order chi connectivity index (χ0) is 21.8. The van der Waals surface area contributed by atoms with Crippen molar-refractivity contribution in [2.75, 3.05) is 4.90 Å². The van der Waals surface area contributed by atoms with Crippen LogP contribution in [-0.4, -0.2) is 32.4 Å². The smallest absolute Gasteiger partial charge is 0.280 e. The van der Waals surface area contributed by atoms with Crippen molar-refractivity contribution >= 4 is 29.0 Å². The van der Waals surface area contributed by atoms with Gasteiger partial charge in [0.05, 0.1) is 0 Å². The molecule has 0 unspecified atom stereocenters. The average Bonchev–Trinajstić information content (AvgIpc) is 3.48. The number of pyridine rings is 1. The van der Waals surface area contributed by atoms with E-state index in [0.29, 0.717) is 11.3 Å². The summed E-state index contributed by atoms with van der Waals surface area (Å²) in [4.78, 5) is 32.9. The van der Waals surface area contributed by atoms with E-state index in [2.05, 4.69) is 19.9 Å². The van der Waals surface area contributed by atoms with Gasteiger partial charge in [0, 0.05) is 29.5 Å². The molecule has 1 fully saturated rings. The second-order valence-corrected chi connectivity index (χ2v) is 8.54. The van der Waals surface area contributed by atoms with E-state index in [1.54, 1.807) is 34.8 Å². The van der Waals surface area contributed by atoms with Crippen molar-refractivity contribution in [3.63, 3.8) is 0 Å². The van der Waals surface area contributed by atoms with E-state index >= 15 is 0 Å². The van der Waals surface area contributed by atoms with E-state index in [9.17, 15) is 9.59 Å². The monoisotopic (exact) mass is 435 g/mol. The molecule has 3 aromatic rings. The number of carbonyl (C=O) groups excluding carboxylic acids is 2. The standard InChI is InChI=1S/C23H25N5O2S/c1-15-7-8-16(2)20(13-15)28(23(30)19-14-31-27-26-19)21(17-9-11-24-12-10-17)22(29)25-18-5-3-4-6-18/h7-14,18,21H,3-6H2,1-2H3,(H,25,29)/t21-/m0/s1. The topological polar surface area (TPSA) is 88.1 Å². The van der Waals surface area contributed by atoms with Crippen molar-refractivity contribution in [2.45, 2.75) is 51.6 Å². The molecule has 1 aliphatic carbocycles. The fraction of sp³-hybridized carbons (Fsp3) is 0.348. The average molecular weight is 436 g/mol. The van der Waals surface area contributed by atoms with Gasteiger partial charge < -0.3 is 5.32 Å². The summed E-state index contributed by atoms with van der Waals surface area (Å²) in [6.45, 7) is 3.91. The summed E-state index contributed by atoms with van der Waals surface area (Å²) in [5.41, 5.74) is 3.50. The largest absolute Gasteiger partial charge is 0.351 e. The van der Waals surface area contributed by atoms with Gasteiger partial charge >= 0.3 is 0 Å². The molecular weight excluding hydrogens is 410 g/mol. The van der Waals surface area contributed by atoms with Crippen LogP contribution in [0.5, 0.6) is 0 Å². The van der Waals surface area contributed by atoms with Crippen molar-refractivity contribution in [2.24, 2.45) is 0 Å². The molecule has 160 valence electrons. The third kappa shape index (κ3) is 4.64. The van der Waals surface area contributed by atoms with Gasteiger partial charge in [0.15, 0.2) is 5.69 Å². The predicted octanol–water partition coefficient (Wildman–Crippen LogP) is 4.00. The molecule has 0 radical (unpaired) electrons. The highest BCUT2D eigenvalue weighted by Crippen LogP contribution is 2.33. The lowest BCUT2D eigenvalue weighted by atomic mass is 10.0. The minimum Gasteiger partial charge on any atom is -0.351 e. The molecule has 0 saturated heterocycles. The van der Waals surface area contributed by atoms with Gasteiger partial charge in [-0.05, 0) is 73.1 Å². The van der Waals surface area contributed by atoms with Crippen LogP contribution in [0, 0.1) is 13.8 Å². The van der Waals surface area contributed by atoms with Crippen molar-refractivity contribution in [3.05, 3.63) is 70.5 Å². The first kappa shape index (κ1) is 21.1. The predicted molar refractivity (Wildman–Crippen MR) is 120 cm³/mol. The van der Waals surface area contributed by atoms with Crippen LogP contribution in [0.15, 0.2) is 48.1 Å². The number of benzene rings is 1. The van der Waals surface area contributed by atoms with Crippen LogP contribution in [0.25, 0.3) is 0 Å². The molecule has 1 N–H and O–H groups in total. The third-order valence-corrected chi connectivity index (χ3v) is 6.16. The number of hydrogen-bond donors (Lipinski definition) is 1. The van der Waals surface area contributed by atoms with Gasteiger partial charge in [-0.25, -0.2) is 0 Å². The highest BCUT2D eigenvalue weighted by Gasteiger charge is 2.36. The number of carbonyl (C=O) groups is 2. The van der Waals surface area contributed by atoms with Gasteiger partial charge in [0.25, 0.3) is 5.91 Å². The second-order valence-electron chi connectivity index (χ2n) is 7.93.